The number of hydrogen-bond acceptors (Lipinski definition) is 7. The van der Waals surface area contributed by atoms with Crippen LogP contribution in [0, 0.1) is 0 Å². The molecule has 0 saturated heterocycles. The predicted molar refractivity (Wildman–Crippen MR) is 231 cm³/mol. The van der Waals surface area contributed by atoms with Gasteiger partial charge in [0.2, 0.25) is 0 Å². The second kappa shape index (κ2) is 38.6. The summed E-state index contributed by atoms with van der Waals surface area (Å²) in [7, 11) is 5.38. The van der Waals surface area contributed by atoms with Crippen molar-refractivity contribution in [2.75, 3.05) is 41.0 Å². The van der Waals surface area contributed by atoms with E-state index in [0.29, 0.717) is 6.42 Å². The quantitative estimate of drug-likeness (QED) is 0.0266. The van der Waals surface area contributed by atoms with Crippen LogP contribution in [0.15, 0.2) is 72.9 Å². The molecule has 0 radical (unpaired) electrons. The van der Waals surface area contributed by atoms with Gasteiger partial charge in [-0.3, -0.25) is 9.59 Å². The van der Waals surface area contributed by atoms with Crippen LogP contribution in [0.5, 0.6) is 0 Å². The minimum Gasteiger partial charge on any atom is -0.544 e. The van der Waals surface area contributed by atoms with Crippen LogP contribution in [0.4, 0.5) is 0 Å². The highest BCUT2D eigenvalue weighted by Crippen LogP contribution is 2.12. The summed E-state index contributed by atoms with van der Waals surface area (Å²) in [6.07, 6.45) is 47.8. The summed E-state index contributed by atoms with van der Waals surface area (Å²) >= 11 is 0. The van der Waals surface area contributed by atoms with E-state index in [2.05, 4.69) is 86.8 Å². The Bertz CT molecular complexity index is 1140. The number of unbranched alkanes of at least 4 members (excludes halogenated alkanes) is 12. The number of allylic oxidation sites excluding steroid dienone is 12. The van der Waals surface area contributed by atoms with Crippen molar-refractivity contribution in [1.29, 1.82) is 0 Å². The van der Waals surface area contributed by atoms with Gasteiger partial charge in [0.15, 0.2) is 6.10 Å². The van der Waals surface area contributed by atoms with Gasteiger partial charge in [0.25, 0.3) is 0 Å². The van der Waals surface area contributed by atoms with Gasteiger partial charge in [-0.1, -0.05) is 132 Å². The Hall–Kier alpha value is -3.23. The number of esters is 2. The lowest BCUT2D eigenvalue weighted by atomic mass is 10.1. The molecule has 8 nitrogen and oxygen atoms in total. The van der Waals surface area contributed by atoms with Crippen molar-refractivity contribution in [2.45, 2.75) is 174 Å². The molecule has 56 heavy (non-hydrogen) atoms. The highest BCUT2D eigenvalue weighted by molar-refractivity contribution is 5.70. The van der Waals surface area contributed by atoms with Crippen LogP contribution in [-0.4, -0.2) is 75.5 Å². The van der Waals surface area contributed by atoms with E-state index in [1.807, 2.05) is 0 Å². The average molecular weight is 784 g/mol. The molecule has 8 heteroatoms. The molecule has 0 saturated carbocycles. The van der Waals surface area contributed by atoms with Crippen molar-refractivity contribution in [3.8, 4) is 0 Å². The van der Waals surface area contributed by atoms with Gasteiger partial charge in [-0.2, -0.15) is 0 Å². The molecule has 2 atom stereocenters. The van der Waals surface area contributed by atoms with Gasteiger partial charge in [-0.15, -0.1) is 0 Å². The smallest absolute Gasteiger partial charge is 0.306 e. The van der Waals surface area contributed by atoms with E-state index < -0.39 is 18.1 Å². The molecule has 0 aliphatic heterocycles. The van der Waals surface area contributed by atoms with E-state index in [0.717, 1.165) is 103 Å². The van der Waals surface area contributed by atoms with Crippen molar-refractivity contribution >= 4 is 17.9 Å². The Balaban J connectivity index is 4.44. The molecule has 0 aliphatic carbocycles. The van der Waals surface area contributed by atoms with E-state index in [1.54, 1.807) is 21.1 Å². The van der Waals surface area contributed by atoms with Crippen molar-refractivity contribution in [2.24, 2.45) is 0 Å². The average Bonchev–Trinajstić information content (AvgIpc) is 3.15. The maximum absolute atomic E-state index is 12.7. The van der Waals surface area contributed by atoms with Crippen LogP contribution in [-0.2, 0) is 28.6 Å². The highest BCUT2D eigenvalue weighted by Gasteiger charge is 2.25. The maximum Gasteiger partial charge on any atom is 0.306 e. The lowest BCUT2D eigenvalue weighted by Crippen LogP contribution is -2.55. The van der Waals surface area contributed by atoms with Crippen LogP contribution >= 0.6 is 0 Å². The summed E-state index contributed by atoms with van der Waals surface area (Å²) < 4.78 is 17.1. The van der Waals surface area contributed by atoms with Gasteiger partial charge >= 0.3 is 11.9 Å². The SMILES string of the molecule is CC/C=C\C/C=C\C/C=C\C/C=C\CCCCCCC(=O)OC(COCCC(C(=O)[O-])[N+](C)(C)C)COC(=O)CCCCCCC/C=C\C/C=C\CCCCC. The molecular weight excluding hydrogens is 703 g/mol. The molecule has 0 rings (SSSR count). The van der Waals surface area contributed by atoms with Gasteiger partial charge in [0, 0.05) is 19.3 Å². The molecular formula is C48H81NO7. The topological polar surface area (TPSA) is 102 Å². The number of likely N-dealkylation sites (N-methyl/N-ethyl adjacent to an activating group) is 1. The molecule has 0 amide bonds. The Labute approximate surface area is 342 Å². The molecule has 0 aromatic heterocycles. The number of quaternary nitrogens is 1. The van der Waals surface area contributed by atoms with Gasteiger partial charge in [0.05, 0.1) is 40.3 Å². The summed E-state index contributed by atoms with van der Waals surface area (Å²) in [4.78, 5) is 36.8. The van der Waals surface area contributed by atoms with Crippen LogP contribution in [0.2, 0.25) is 0 Å². The zero-order chi connectivity index (χ0) is 41.4. The lowest BCUT2D eigenvalue weighted by molar-refractivity contribution is -0.889. The maximum atomic E-state index is 12.7. The third-order valence-electron chi connectivity index (χ3n) is 9.33. The minimum atomic E-state index is -1.13. The van der Waals surface area contributed by atoms with E-state index in [9.17, 15) is 19.5 Å². The first-order chi connectivity index (χ1) is 27.1. The monoisotopic (exact) mass is 784 g/mol. The minimum absolute atomic E-state index is 0.0223. The number of nitrogens with zero attached hydrogens (tertiary/aromatic N) is 1. The fraction of sp³-hybridized carbons (Fsp3) is 0.688. The molecule has 0 aromatic carbocycles. The lowest BCUT2D eigenvalue weighted by Gasteiger charge is -2.34. The van der Waals surface area contributed by atoms with Gasteiger partial charge in [-0.25, -0.2) is 0 Å². The molecule has 0 aromatic rings. The Kier molecular flexibility index (Phi) is 36.4. The number of hydrogen-bond donors (Lipinski definition) is 0. The number of aliphatic carboxylic acids is 1. The highest BCUT2D eigenvalue weighted by atomic mass is 16.6. The summed E-state index contributed by atoms with van der Waals surface area (Å²) in [5, 5.41) is 11.6. The third kappa shape index (κ3) is 36.4. The van der Waals surface area contributed by atoms with Gasteiger partial charge in [0.1, 0.15) is 12.6 Å². The fourth-order valence-electron chi connectivity index (χ4n) is 5.91. The van der Waals surface area contributed by atoms with E-state index >= 15 is 0 Å². The zero-order valence-electron chi connectivity index (χ0n) is 36.3. The molecule has 0 aliphatic rings. The Morgan fingerprint density at radius 1 is 0.554 bits per heavy atom. The third-order valence-corrected chi connectivity index (χ3v) is 9.33. The first-order valence-electron chi connectivity index (χ1n) is 22.0. The number of ether oxygens (including phenoxy) is 3. The number of carbonyl (C=O) groups excluding carboxylic acids is 3. The summed E-state index contributed by atoms with van der Waals surface area (Å²) in [5.41, 5.74) is 0. The Morgan fingerprint density at radius 3 is 1.48 bits per heavy atom. The Morgan fingerprint density at radius 2 is 1.00 bits per heavy atom. The molecule has 0 fully saturated rings. The number of carboxylic acid groups (broad SMARTS) is 1. The summed E-state index contributed by atoms with van der Waals surface area (Å²) in [6, 6.07) is -0.736. The second-order valence-corrected chi connectivity index (χ2v) is 15.5. The number of carbonyl (C=O) groups is 3. The molecule has 0 N–H and O–H groups in total. The van der Waals surface area contributed by atoms with Crippen molar-refractivity contribution in [1.82, 2.24) is 0 Å². The van der Waals surface area contributed by atoms with Crippen LogP contribution < -0.4 is 5.11 Å². The first kappa shape index (κ1) is 52.8. The molecule has 320 valence electrons. The molecule has 0 heterocycles. The summed E-state index contributed by atoms with van der Waals surface area (Å²) in [5.74, 6) is -1.79. The van der Waals surface area contributed by atoms with E-state index in [1.165, 1.54) is 25.7 Å². The number of rotatable bonds is 38. The van der Waals surface area contributed by atoms with Gasteiger partial charge in [-0.05, 0) is 83.5 Å². The van der Waals surface area contributed by atoms with Crippen LogP contribution in [0.3, 0.4) is 0 Å². The van der Waals surface area contributed by atoms with Crippen molar-refractivity contribution in [3.63, 3.8) is 0 Å². The molecule has 0 bridgehead atoms. The van der Waals surface area contributed by atoms with E-state index in [4.69, 9.17) is 14.2 Å². The van der Waals surface area contributed by atoms with Gasteiger partial charge < -0.3 is 28.6 Å². The molecule has 0 spiro atoms. The fourth-order valence-corrected chi connectivity index (χ4v) is 5.91. The predicted octanol–water partition coefficient (Wildman–Crippen LogP) is 10.6. The summed E-state index contributed by atoms with van der Waals surface area (Å²) in [6.45, 7) is 4.46. The largest absolute Gasteiger partial charge is 0.544 e. The first-order valence-corrected chi connectivity index (χ1v) is 22.0. The number of carboxylic acids is 1. The second-order valence-electron chi connectivity index (χ2n) is 15.5. The van der Waals surface area contributed by atoms with Crippen LogP contribution in [0.1, 0.15) is 162 Å². The zero-order valence-corrected chi connectivity index (χ0v) is 36.3. The normalized spacial score (nSPS) is 13.7. The van der Waals surface area contributed by atoms with E-state index in [-0.39, 0.29) is 49.1 Å². The van der Waals surface area contributed by atoms with Crippen LogP contribution in [0.25, 0.3) is 0 Å². The molecule has 2 unspecified atom stereocenters. The van der Waals surface area contributed by atoms with Crippen molar-refractivity contribution in [3.05, 3.63) is 72.9 Å². The standard InChI is InChI=1S/C48H81NO7/c1-6-8-10-12-14-16-18-20-22-23-25-27-29-31-33-35-37-39-47(51)56-44(42-54-41-40-45(48(52)53)49(3,4)5)43-55-46(50)38-36-34-32-30-28-26-24-21-19-17-15-13-11-9-7-2/h8,10,14-17,20-22,24-25,27,44-45H,6-7,9,11-13,18-19,23,26,28-43H2,1-5H3/b10-8-,16-14-,17-15-,22-20-,24-21-,27-25-. The van der Waals surface area contributed by atoms with Crippen molar-refractivity contribution < 1.29 is 38.2 Å².